The number of thioether (sulfide) groups is 1. The van der Waals surface area contributed by atoms with Crippen LogP contribution in [0, 0.1) is 11.6 Å². The Labute approximate surface area is 206 Å². The molecule has 0 atom stereocenters. The number of nitrogens with one attached hydrogen (secondary N) is 1. The van der Waals surface area contributed by atoms with Gasteiger partial charge >= 0.3 is 0 Å². The number of rotatable bonds is 7. The first kappa shape index (κ1) is 23.9. The third-order valence-corrected chi connectivity index (χ3v) is 6.32. The Kier molecular flexibility index (Phi) is 7.28. The molecule has 0 aliphatic heterocycles. The van der Waals surface area contributed by atoms with E-state index in [9.17, 15) is 18.4 Å². The summed E-state index contributed by atoms with van der Waals surface area (Å²) in [6.45, 7) is 2.39. The first-order chi connectivity index (χ1) is 16.4. The highest BCUT2D eigenvalue weighted by atomic mass is 79.9. The third kappa shape index (κ3) is 5.13. The molecule has 1 amide bonds. The minimum absolute atomic E-state index is 0.0819. The molecule has 34 heavy (non-hydrogen) atoms. The summed E-state index contributed by atoms with van der Waals surface area (Å²) in [4.78, 5) is 30.4. The molecular weight excluding hydrogens is 528 g/mol. The van der Waals surface area contributed by atoms with Crippen molar-refractivity contribution in [1.82, 2.24) is 9.55 Å². The van der Waals surface area contributed by atoms with Crippen LogP contribution in [-0.2, 0) is 4.79 Å². The molecular formula is C24H18BrF2N3O3S. The number of benzene rings is 3. The number of anilines is 1. The summed E-state index contributed by atoms with van der Waals surface area (Å²) in [5, 5.41) is 3.15. The fourth-order valence-electron chi connectivity index (χ4n) is 3.26. The van der Waals surface area contributed by atoms with E-state index in [-0.39, 0.29) is 21.5 Å². The second kappa shape index (κ2) is 10.4. The third-order valence-electron chi connectivity index (χ3n) is 4.75. The fraction of sp³-hybridized carbons (Fsp3) is 0.125. The number of para-hydroxylation sites is 1. The van der Waals surface area contributed by atoms with Crippen molar-refractivity contribution in [2.75, 3.05) is 17.7 Å². The molecule has 0 aliphatic rings. The second-order valence-corrected chi connectivity index (χ2v) is 8.86. The summed E-state index contributed by atoms with van der Waals surface area (Å²) >= 11 is 4.07. The Hall–Kier alpha value is -3.24. The highest BCUT2D eigenvalue weighted by molar-refractivity contribution is 9.10. The van der Waals surface area contributed by atoms with Crippen molar-refractivity contribution in [3.05, 3.63) is 87.1 Å². The lowest BCUT2D eigenvalue weighted by molar-refractivity contribution is -0.113. The van der Waals surface area contributed by atoms with Gasteiger partial charge in [0.2, 0.25) is 5.91 Å². The van der Waals surface area contributed by atoms with Crippen LogP contribution in [0.25, 0.3) is 16.6 Å². The van der Waals surface area contributed by atoms with Gasteiger partial charge in [-0.2, -0.15) is 0 Å². The minimum atomic E-state index is -0.902. The van der Waals surface area contributed by atoms with Gasteiger partial charge in [0.15, 0.2) is 11.0 Å². The van der Waals surface area contributed by atoms with E-state index >= 15 is 0 Å². The van der Waals surface area contributed by atoms with Crippen LogP contribution in [-0.4, -0.2) is 27.8 Å². The van der Waals surface area contributed by atoms with Crippen LogP contribution in [0.5, 0.6) is 5.75 Å². The number of amides is 1. The molecule has 0 bridgehead atoms. The monoisotopic (exact) mass is 545 g/mol. The van der Waals surface area contributed by atoms with Gasteiger partial charge < -0.3 is 10.1 Å². The maximum absolute atomic E-state index is 14.1. The predicted molar refractivity (Wildman–Crippen MR) is 132 cm³/mol. The Morgan fingerprint density at radius 2 is 1.88 bits per heavy atom. The molecule has 1 heterocycles. The van der Waals surface area contributed by atoms with E-state index in [0.717, 1.165) is 17.8 Å². The van der Waals surface area contributed by atoms with Crippen molar-refractivity contribution in [2.45, 2.75) is 12.1 Å². The first-order valence-corrected chi connectivity index (χ1v) is 12.0. The van der Waals surface area contributed by atoms with Gasteiger partial charge in [0.05, 0.1) is 34.6 Å². The summed E-state index contributed by atoms with van der Waals surface area (Å²) in [6, 6.07) is 15.6. The molecule has 0 unspecified atom stereocenters. The molecule has 0 saturated heterocycles. The Bertz CT molecular complexity index is 1400. The highest BCUT2D eigenvalue weighted by Crippen LogP contribution is 2.28. The Morgan fingerprint density at radius 3 is 2.59 bits per heavy atom. The first-order valence-electron chi connectivity index (χ1n) is 10.2. The average Bonchev–Trinajstić information content (AvgIpc) is 2.81. The number of nitrogens with zero attached hydrogens (tertiary/aromatic N) is 2. The number of ether oxygens (including phenoxy) is 1. The van der Waals surface area contributed by atoms with Crippen LogP contribution in [0.3, 0.4) is 0 Å². The lowest BCUT2D eigenvalue weighted by Crippen LogP contribution is -2.23. The summed E-state index contributed by atoms with van der Waals surface area (Å²) in [5.74, 6) is -1.72. The van der Waals surface area contributed by atoms with Crippen LogP contribution in [0.15, 0.2) is 75.1 Å². The summed E-state index contributed by atoms with van der Waals surface area (Å²) in [7, 11) is 0. The van der Waals surface area contributed by atoms with Crippen LogP contribution >= 0.6 is 27.7 Å². The van der Waals surface area contributed by atoms with Gasteiger partial charge in [0.25, 0.3) is 5.56 Å². The number of carbonyl (C=O) groups excluding carboxylic acids is 1. The number of fused-ring (bicyclic) bond motifs is 1. The lowest BCUT2D eigenvalue weighted by atomic mass is 10.2. The van der Waals surface area contributed by atoms with Crippen molar-refractivity contribution in [3.8, 4) is 11.4 Å². The van der Waals surface area contributed by atoms with Crippen molar-refractivity contribution in [3.63, 3.8) is 0 Å². The quantitative estimate of drug-likeness (QED) is 0.243. The largest absolute Gasteiger partial charge is 0.494 e. The second-order valence-electron chi connectivity index (χ2n) is 7.06. The SMILES string of the molecule is CCOc1ccc(-n2c(SCC(=O)Nc3c(F)cc(F)cc3Br)nc3ccccc3c2=O)cc1. The number of hydrogen-bond donors (Lipinski definition) is 1. The predicted octanol–water partition coefficient (Wildman–Crippen LogP) is 5.56. The van der Waals surface area contributed by atoms with Gasteiger partial charge in [0, 0.05) is 10.5 Å². The Morgan fingerprint density at radius 1 is 1.15 bits per heavy atom. The normalized spacial score (nSPS) is 10.9. The van der Waals surface area contributed by atoms with Gasteiger partial charge in [0.1, 0.15) is 11.6 Å². The summed E-state index contributed by atoms with van der Waals surface area (Å²) in [6.07, 6.45) is 0. The number of hydrogen-bond acceptors (Lipinski definition) is 5. The maximum Gasteiger partial charge on any atom is 0.266 e. The summed E-state index contributed by atoms with van der Waals surface area (Å²) in [5.41, 5.74) is 0.597. The van der Waals surface area contributed by atoms with Gasteiger partial charge in [-0.15, -0.1) is 0 Å². The van der Waals surface area contributed by atoms with Crippen LogP contribution in [0.4, 0.5) is 14.5 Å². The molecule has 0 saturated carbocycles. The standard InChI is InChI=1S/C24H18BrF2N3O3S/c1-2-33-16-9-7-15(8-10-16)30-23(32)17-5-3-4-6-20(17)28-24(30)34-13-21(31)29-22-18(25)11-14(26)12-19(22)27/h3-12H,2,13H2,1H3,(H,29,31). The average molecular weight is 546 g/mol. The number of aromatic nitrogens is 2. The van der Waals surface area contributed by atoms with E-state index in [1.54, 1.807) is 48.5 Å². The highest BCUT2D eigenvalue weighted by Gasteiger charge is 2.17. The molecule has 6 nitrogen and oxygen atoms in total. The topological polar surface area (TPSA) is 73.2 Å². The zero-order valence-corrected chi connectivity index (χ0v) is 20.3. The van der Waals surface area contributed by atoms with Gasteiger partial charge in [-0.05, 0) is 65.3 Å². The van der Waals surface area contributed by atoms with Gasteiger partial charge in [-0.3, -0.25) is 14.2 Å². The van der Waals surface area contributed by atoms with Crippen molar-refractivity contribution < 1.29 is 18.3 Å². The Balaban J connectivity index is 1.66. The molecule has 4 aromatic rings. The molecule has 174 valence electrons. The van der Waals surface area contributed by atoms with Gasteiger partial charge in [-0.1, -0.05) is 23.9 Å². The zero-order chi connectivity index (χ0) is 24.2. The van der Waals surface area contributed by atoms with E-state index in [4.69, 9.17) is 4.74 Å². The molecule has 0 radical (unpaired) electrons. The van der Waals surface area contributed by atoms with Gasteiger partial charge in [-0.25, -0.2) is 13.8 Å². The number of halogens is 3. The number of carbonyl (C=O) groups is 1. The van der Waals surface area contributed by atoms with Crippen molar-refractivity contribution in [2.24, 2.45) is 0 Å². The smallest absolute Gasteiger partial charge is 0.266 e. The molecule has 10 heteroatoms. The van der Waals surface area contributed by atoms with E-state index in [1.165, 1.54) is 4.57 Å². The zero-order valence-electron chi connectivity index (χ0n) is 17.8. The van der Waals surface area contributed by atoms with E-state index in [2.05, 4.69) is 26.2 Å². The van der Waals surface area contributed by atoms with Crippen LogP contribution in [0.1, 0.15) is 6.92 Å². The van der Waals surface area contributed by atoms with Crippen LogP contribution < -0.4 is 15.6 Å². The van der Waals surface area contributed by atoms with Crippen molar-refractivity contribution >= 4 is 50.2 Å². The molecule has 0 fully saturated rings. The summed E-state index contributed by atoms with van der Waals surface area (Å²) < 4.78 is 34.4. The molecule has 1 aromatic heterocycles. The lowest BCUT2D eigenvalue weighted by Gasteiger charge is -2.14. The molecule has 3 aromatic carbocycles. The minimum Gasteiger partial charge on any atom is -0.494 e. The van der Waals surface area contributed by atoms with E-state index in [0.29, 0.717) is 40.2 Å². The fourth-order valence-corrected chi connectivity index (χ4v) is 4.58. The molecule has 0 spiro atoms. The maximum atomic E-state index is 14.1. The van der Waals surface area contributed by atoms with Crippen LogP contribution in [0.2, 0.25) is 0 Å². The molecule has 4 rings (SSSR count). The van der Waals surface area contributed by atoms with E-state index < -0.39 is 17.5 Å². The van der Waals surface area contributed by atoms with E-state index in [1.807, 2.05) is 6.92 Å². The molecule has 0 aliphatic carbocycles. The van der Waals surface area contributed by atoms with Crippen molar-refractivity contribution in [1.29, 1.82) is 0 Å². The molecule has 1 N–H and O–H groups in total.